The molecule has 44 heavy (non-hydrogen) atoms. The molecule has 0 unspecified atom stereocenters. The predicted octanol–water partition coefficient (Wildman–Crippen LogP) is 11.1. The van der Waals surface area contributed by atoms with Crippen LogP contribution in [0.4, 0.5) is 0 Å². The summed E-state index contributed by atoms with van der Waals surface area (Å²) in [6, 6.07) is 65.4. The van der Waals surface area contributed by atoms with Gasteiger partial charge in [0.15, 0.2) is 0 Å². The van der Waals surface area contributed by atoms with Gasteiger partial charge in [-0.15, -0.1) is 0 Å². The summed E-state index contributed by atoms with van der Waals surface area (Å²) in [6.45, 7) is 0. The Morgan fingerprint density at radius 3 is 0.455 bits per heavy atom. The maximum absolute atomic E-state index is 2.26. The second-order valence-corrected chi connectivity index (χ2v) is 11.2. The lowest BCUT2D eigenvalue weighted by Crippen LogP contribution is -2.20. The van der Waals surface area contributed by atoms with Crippen molar-refractivity contribution < 1.29 is 0 Å². The molecule has 2 aliphatic carbocycles. The zero-order valence-corrected chi connectivity index (χ0v) is 24.3. The van der Waals surface area contributed by atoms with Crippen molar-refractivity contribution in [3.05, 3.63) is 227 Å². The second kappa shape index (κ2) is 11.2. The first-order valence-corrected chi connectivity index (χ1v) is 15.2. The molecule has 8 rings (SSSR count). The number of hydrogen-bond donors (Lipinski definition) is 0. The van der Waals surface area contributed by atoms with E-state index in [2.05, 4.69) is 182 Å². The van der Waals surface area contributed by atoms with Gasteiger partial charge in [-0.3, -0.25) is 0 Å². The minimum atomic E-state index is 1.24. The minimum absolute atomic E-state index is 1.24. The molecule has 0 amide bonds. The Bertz CT molecular complexity index is 1920. The van der Waals surface area contributed by atoms with Gasteiger partial charge in [0, 0.05) is 0 Å². The normalized spacial score (nSPS) is 14.5. The van der Waals surface area contributed by atoms with Gasteiger partial charge in [-0.1, -0.05) is 182 Å². The van der Waals surface area contributed by atoms with E-state index < -0.39 is 0 Å². The molecule has 0 nitrogen and oxygen atoms in total. The van der Waals surface area contributed by atoms with Crippen molar-refractivity contribution in [1.29, 1.82) is 0 Å². The third-order valence-corrected chi connectivity index (χ3v) is 8.62. The van der Waals surface area contributed by atoms with Crippen LogP contribution in [0.25, 0.3) is 33.4 Å². The molecule has 0 heterocycles. The van der Waals surface area contributed by atoms with Gasteiger partial charge in [-0.2, -0.15) is 0 Å². The quantitative estimate of drug-likeness (QED) is 0.183. The SMILES string of the molecule is c1ccc(C2=C(C3=C(c4ccccc4)C(c4ccccc4)=C3c3ccccc3)C(c3ccccc3)=C2c2ccccc2)cc1. The molecular formula is C44H30. The molecule has 0 saturated heterocycles. The first-order valence-electron chi connectivity index (χ1n) is 15.2. The maximum Gasteiger partial charge on any atom is -0.0000936 e. The third kappa shape index (κ3) is 4.32. The summed E-state index contributed by atoms with van der Waals surface area (Å²) < 4.78 is 0. The Hall–Kier alpha value is -5.72. The van der Waals surface area contributed by atoms with E-state index in [1.54, 1.807) is 0 Å². The van der Waals surface area contributed by atoms with E-state index in [-0.39, 0.29) is 0 Å². The number of benzene rings is 6. The molecule has 0 radical (unpaired) electrons. The van der Waals surface area contributed by atoms with Crippen molar-refractivity contribution in [3.8, 4) is 0 Å². The Labute approximate surface area is 259 Å². The lowest BCUT2D eigenvalue weighted by molar-refractivity contribution is 1.41. The topological polar surface area (TPSA) is 0 Å². The van der Waals surface area contributed by atoms with E-state index >= 15 is 0 Å². The molecule has 0 heteroatoms. The van der Waals surface area contributed by atoms with Crippen LogP contribution >= 0.6 is 0 Å². The molecule has 0 bridgehead atoms. The predicted molar refractivity (Wildman–Crippen MR) is 186 cm³/mol. The molecule has 0 fully saturated rings. The van der Waals surface area contributed by atoms with Crippen LogP contribution in [0.5, 0.6) is 0 Å². The number of hydrogen-bond acceptors (Lipinski definition) is 0. The van der Waals surface area contributed by atoms with Crippen LogP contribution in [0.15, 0.2) is 193 Å². The average molecular weight is 559 g/mol. The molecule has 0 atom stereocenters. The highest BCUT2D eigenvalue weighted by Crippen LogP contribution is 2.63. The van der Waals surface area contributed by atoms with E-state index in [1.165, 1.54) is 78.0 Å². The highest BCUT2D eigenvalue weighted by Gasteiger charge is 2.42. The zero-order valence-electron chi connectivity index (χ0n) is 24.3. The smallest absolute Gasteiger partial charge is 0.0000936 e. The van der Waals surface area contributed by atoms with Gasteiger partial charge in [0.2, 0.25) is 0 Å². The summed E-state index contributed by atoms with van der Waals surface area (Å²) in [5.74, 6) is 0. The first-order chi connectivity index (χ1) is 21.9. The van der Waals surface area contributed by atoms with Gasteiger partial charge in [0.1, 0.15) is 0 Å². The van der Waals surface area contributed by atoms with Crippen LogP contribution in [0, 0.1) is 0 Å². The van der Waals surface area contributed by atoms with Gasteiger partial charge < -0.3 is 0 Å². The molecule has 0 aliphatic heterocycles. The van der Waals surface area contributed by atoms with E-state index in [0.29, 0.717) is 0 Å². The van der Waals surface area contributed by atoms with Crippen molar-refractivity contribution in [2.45, 2.75) is 0 Å². The first kappa shape index (κ1) is 25.9. The molecule has 0 aromatic heterocycles. The summed E-state index contributed by atoms with van der Waals surface area (Å²) in [5.41, 5.74) is 17.9. The molecule has 206 valence electrons. The zero-order chi connectivity index (χ0) is 29.3. The summed E-state index contributed by atoms with van der Waals surface area (Å²) in [7, 11) is 0. The van der Waals surface area contributed by atoms with Gasteiger partial charge in [0.05, 0.1) is 0 Å². The standard InChI is InChI=1S/C44H30/c1-7-19-31(20-8-1)37-39(33-23-11-3-12-24-33)43(40(37)34-25-13-4-14-26-34)44-41(35-27-15-5-16-28-35)38(32-21-9-2-10-22-32)42(44)36-29-17-6-18-30-36/h1-30H. The van der Waals surface area contributed by atoms with E-state index in [4.69, 9.17) is 0 Å². The fourth-order valence-electron chi connectivity index (χ4n) is 6.74. The molecule has 0 saturated carbocycles. The van der Waals surface area contributed by atoms with Crippen molar-refractivity contribution in [2.24, 2.45) is 0 Å². The second-order valence-electron chi connectivity index (χ2n) is 11.2. The van der Waals surface area contributed by atoms with Crippen molar-refractivity contribution in [1.82, 2.24) is 0 Å². The fourth-order valence-corrected chi connectivity index (χ4v) is 6.74. The van der Waals surface area contributed by atoms with Gasteiger partial charge >= 0.3 is 0 Å². The van der Waals surface area contributed by atoms with Gasteiger partial charge in [-0.25, -0.2) is 0 Å². The van der Waals surface area contributed by atoms with Crippen molar-refractivity contribution >= 4 is 33.4 Å². The summed E-state index contributed by atoms with van der Waals surface area (Å²) in [5, 5.41) is 0. The summed E-state index contributed by atoms with van der Waals surface area (Å²) >= 11 is 0. The molecule has 0 spiro atoms. The minimum Gasteiger partial charge on any atom is -0.0622 e. The Morgan fingerprint density at radius 1 is 0.136 bits per heavy atom. The summed E-state index contributed by atoms with van der Waals surface area (Å²) in [6.07, 6.45) is 0. The van der Waals surface area contributed by atoms with Gasteiger partial charge in [-0.05, 0) is 78.0 Å². The van der Waals surface area contributed by atoms with Crippen molar-refractivity contribution in [3.63, 3.8) is 0 Å². The van der Waals surface area contributed by atoms with E-state index in [1.807, 2.05) is 0 Å². The molecule has 2 aliphatic rings. The third-order valence-electron chi connectivity index (χ3n) is 8.62. The lowest BCUT2D eigenvalue weighted by atomic mass is 9.61. The van der Waals surface area contributed by atoms with E-state index in [9.17, 15) is 0 Å². The molecule has 6 aromatic carbocycles. The van der Waals surface area contributed by atoms with Gasteiger partial charge in [0.25, 0.3) is 0 Å². The fraction of sp³-hybridized carbons (Fsp3) is 0. The van der Waals surface area contributed by atoms with Crippen LogP contribution in [-0.2, 0) is 0 Å². The van der Waals surface area contributed by atoms with Crippen LogP contribution in [-0.4, -0.2) is 0 Å². The maximum atomic E-state index is 2.26. The Kier molecular flexibility index (Phi) is 6.59. The molecule has 0 N–H and O–H groups in total. The summed E-state index contributed by atoms with van der Waals surface area (Å²) in [4.78, 5) is 0. The number of rotatable bonds is 7. The largest absolute Gasteiger partial charge is 0.0622 e. The molecule has 6 aromatic rings. The van der Waals surface area contributed by atoms with Crippen LogP contribution in [0.3, 0.4) is 0 Å². The average Bonchev–Trinajstić information content (AvgIpc) is 3.08. The van der Waals surface area contributed by atoms with Crippen LogP contribution < -0.4 is 0 Å². The highest BCUT2D eigenvalue weighted by molar-refractivity contribution is 6.40. The number of allylic oxidation sites excluding steroid dienone is 8. The Morgan fingerprint density at radius 2 is 0.273 bits per heavy atom. The Balaban J connectivity index is 1.48. The lowest BCUT2D eigenvalue weighted by Gasteiger charge is -2.41. The van der Waals surface area contributed by atoms with Crippen LogP contribution in [0.2, 0.25) is 0 Å². The van der Waals surface area contributed by atoms with Crippen LogP contribution in [0.1, 0.15) is 33.4 Å². The van der Waals surface area contributed by atoms with Crippen molar-refractivity contribution in [2.75, 3.05) is 0 Å². The highest BCUT2D eigenvalue weighted by atomic mass is 14.4. The molecular weight excluding hydrogens is 528 g/mol. The van der Waals surface area contributed by atoms with E-state index in [0.717, 1.165) is 0 Å². The monoisotopic (exact) mass is 558 g/mol.